The Hall–Kier alpha value is -2.97. The maximum Gasteiger partial charge on any atom is 0.513 e. The zero-order chi connectivity index (χ0) is 19.1. The Morgan fingerprint density at radius 3 is 2.65 bits per heavy atom. The molecular formula is C17H14F3NO5. The summed E-state index contributed by atoms with van der Waals surface area (Å²) in [4.78, 5) is 23.8. The second kappa shape index (κ2) is 6.40. The number of dihydropyridines is 1. The number of alkyl halides is 3. The van der Waals surface area contributed by atoms with Gasteiger partial charge in [0.25, 0.3) is 0 Å². The van der Waals surface area contributed by atoms with Crippen molar-refractivity contribution in [1.29, 1.82) is 0 Å². The van der Waals surface area contributed by atoms with Gasteiger partial charge in [0.15, 0.2) is 0 Å². The second-order valence-electron chi connectivity index (χ2n) is 5.66. The number of cyclic esters (lactones) is 1. The fraction of sp³-hybridized carbons (Fsp3) is 0.294. The molecule has 0 aromatic heterocycles. The first-order valence-electron chi connectivity index (χ1n) is 7.54. The van der Waals surface area contributed by atoms with E-state index >= 15 is 0 Å². The Labute approximate surface area is 146 Å². The van der Waals surface area contributed by atoms with E-state index in [9.17, 15) is 22.8 Å². The first-order chi connectivity index (χ1) is 12.2. The van der Waals surface area contributed by atoms with E-state index < -0.39 is 29.8 Å². The molecule has 2 heterocycles. The Balaban J connectivity index is 2.20. The molecule has 1 aromatic carbocycles. The zero-order valence-corrected chi connectivity index (χ0v) is 13.8. The van der Waals surface area contributed by atoms with Crippen molar-refractivity contribution in [2.75, 3.05) is 13.7 Å². The molecule has 0 fully saturated rings. The number of carbonyl (C=O) groups is 2. The number of allylic oxidation sites excluding steroid dienone is 2. The summed E-state index contributed by atoms with van der Waals surface area (Å²) in [6.07, 6.45) is -5.76. The van der Waals surface area contributed by atoms with Crippen LogP contribution in [0.3, 0.4) is 0 Å². The zero-order valence-electron chi connectivity index (χ0n) is 13.8. The van der Waals surface area contributed by atoms with Crippen LogP contribution in [0, 0.1) is 0 Å². The molecule has 0 bridgehead atoms. The van der Waals surface area contributed by atoms with E-state index in [0.717, 1.165) is 13.2 Å². The summed E-state index contributed by atoms with van der Waals surface area (Å²) in [5.41, 5.74) is -0.546. The van der Waals surface area contributed by atoms with E-state index in [0.29, 0.717) is 5.70 Å². The van der Waals surface area contributed by atoms with Gasteiger partial charge in [-0.15, -0.1) is 0 Å². The summed E-state index contributed by atoms with van der Waals surface area (Å²) in [6, 6.07) is 4.80. The molecule has 138 valence electrons. The van der Waals surface area contributed by atoms with E-state index in [1.807, 2.05) is 0 Å². The van der Waals surface area contributed by atoms with Gasteiger partial charge in [0.05, 0.1) is 35.6 Å². The Bertz CT molecular complexity index is 841. The average Bonchev–Trinajstić information content (AvgIpc) is 2.95. The van der Waals surface area contributed by atoms with E-state index in [4.69, 9.17) is 9.47 Å². The quantitative estimate of drug-likeness (QED) is 0.807. The maximum absolute atomic E-state index is 13.5. The molecule has 3 rings (SSSR count). The number of halogens is 3. The number of carbonyl (C=O) groups excluding carboxylic acids is 2. The third kappa shape index (κ3) is 3.00. The summed E-state index contributed by atoms with van der Waals surface area (Å²) in [6.45, 7) is 1.43. The van der Waals surface area contributed by atoms with Crippen LogP contribution in [0.15, 0.2) is 47.0 Å². The van der Waals surface area contributed by atoms with Crippen molar-refractivity contribution in [1.82, 2.24) is 5.32 Å². The largest absolute Gasteiger partial charge is 0.513 e. The van der Waals surface area contributed by atoms with Gasteiger partial charge in [-0.2, -0.15) is 13.2 Å². The minimum atomic E-state index is -4.66. The molecule has 0 saturated heterocycles. The molecule has 9 heteroatoms. The summed E-state index contributed by atoms with van der Waals surface area (Å²) < 4.78 is 55.0. The minimum absolute atomic E-state index is 0.0220. The van der Waals surface area contributed by atoms with Crippen LogP contribution in [-0.4, -0.2) is 25.8 Å². The number of methoxy groups -OCH3 is 1. The van der Waals surface area contributed by atoms with E-state index in [1.165, 1.54) is 25.1 Å². The van der Waals surface area contributed by atoms with Crippen LogP contribution in [0.2, 0.25) is 0 Å². The lowest BCUT2D eigenvalue weighted by Gasteiger charge is -2.29. The highest BCUT2D eigenvalue weighted by Gasteiger charge is 2.45. The van der Waals surface area contributed by atoms with E-state index in [2.05, 4.69) is 10.1 Å². The Kier molecular flexibility index (Phi) is 4.39. The fourth-order valence-corrected chi connectivity index (χ4v) is 3.02. The van der Waals surface area contributed by atoms with Gasteiger partial charge in [-0.05, 0) is 18.6 Å². The molecule has 0 aliphatic carbocycles. The third-order valence-corrected chi connectivity index (χ3v) is 4.09. The lowest BCUT2D eigenvalue weighted by Crippen LogP contribution is -2.29. The Morgan fingerprint density at radius 2 is 2.00 bits per heavy atom. The van der Waals surface area contributed by atoms with Crippen LogP contribution in [0.5, 0.6) is 0 Å². The smallest absolute Gasteiger partial charge is 0.456 e. The third-order valence-electron chi connectivity index (χ3n) is 4.09. The molecule has 1 unspecified atom stereocenters. The molecule has 1 atom stereocenters. The van der Waals surface area contributed by atoms with Crippen LogP contribution in [0.25, 0.3) is 0 Å². The minimum Gasteiger partial charge on any atom is -0.456 e. The monoisotopic (exact) mass is 369 g/mol. The molecule has 0 radical (unpaired) electrons. The highest BCUT2D eigenvalue weighted by atomic mass is 19.4. The van der Waals surface area contributed by atoms with Crippen LogP contribution >= 0.6 is 0 Å². The lowest BCUT2D eigenvalue weighted by atomic mass is 9.83. The van der Waals surface area contributed by atoms with Crippen molar-refractivity contribution < 1.29 is 37.0 Å². The highest BCUT2D eigenvalue weighted by Crippen LogP contribution is 2.45. The number of hydrogen-bond donors (Lipinski definition) is 1. The molecule has 0 saturated carbocycles. The molecule has 6 nitrogen and oxygen atoms in total. The maximum atomic E-state index is 13.5. The molecule has 2 aliphatic heterocycles. The molecule has 1 aromatic rings. The van der Waals surface area contributed by atoms with Crippen LogP contribution in [0.4, 0.5) is 18.0 Å². The number of hydrogen-bond acceptors (Lipinski definition) is 6. The van der Waals surface area contributed by atoms with Crippen molar-refractivity contribution in [3.05, 3.63) is 58.1 Å². The van der Waals surface area contributed by atoms with Crippen LogP contribution in [-0.2, 0) is 25.2 Å². The highest BCUT2D eigenvalue weighted by molar-refractivity contribution is 5.95. The summed E-state index contributed by atoms with van der Waals surface area (Å²) >= 11 is 0. The second-order valence-corrected chi connectivity index (χ2v) is 5.66. The number of benzene rings is 1. The number of ether oxygens (including phenoxy) is 3. The van der Waals surface area contributed by atoms with Gasteiger partial charge in [-0.1, -0.05) is 18.2 Å². The van der Waals surface area contributed by atoms with Crippen molar-refractivity contribution in [3.8, 4) is 0 Å². The van der Waals surface area contributed by atoms with Crippen LogP contribution < -0.4 is 5.32 Å². The first kappa shape index (κ1) is 17.8. The number of esters is 1. The van der Waals surface area contributed by atoms with Crippen molar-refractivity contribution in [2.24, 2.45) is 0 Å². The van der Waals surface area contributed by atoms with Crippen molar-refractivity contribution in [3.63, 3.8) is 0 Å². The summed E-state index contributed by atoms with van der Waals surface area (Å²) in [5.74, 6) is -2.17. The standard InChI is InChI=1S/C17H14F3NO5/c1-8-14(26-16(23)24-2)12(13-11(21-8)7-25-15(13)22)9-5-3-4-6-10(9)17(18,19)20/h3-6,12,21H,7H2,1-2H3. The van der Waals surface area contributed by atoms with Gasteiger partial charge in [0.1, 0.15) is 12.4 Å². The topological polar surface area (TPSA) is 73.9 Å². The van der Waals surface area contributed by atoms with Gasteiger partial charge in [-0.3, -0.25) is 0 Å². The van der Waals surface area contributed by atoms with Gasteiger partial charge in [0.2, 0.25) is 0 Å². The number of rotatable bonds is 2. The SMILES string of the molecule is COC(=O)OC1=C(C)NC2=C(C(=O)OC2)C1c1ccccc1C(F)(F)F. The predicted molar refractivity (Wildman–Crippen MR) is 81.5 cm³/mol. The predicted octanol–water partition coefficient (Wildman–Crippen LogP) is 3.22. The summed E-state index contributed by atoms with van der Waals surface area (Å²) in [7, 11) is 1.07. The van der Waals surface area contributed by atoms with Gasteiger partial charge in [-0.25, -0.2) is 9.59 Å². The van der Waals surface area contributed by atoms with Gasteiger partial charge in [0, 0.05) is 0 Å². The van der Waals surface area contributed by atoms with Gasteiger partial charge < -0.3 is 19.5 Å². The first-order valence-corrected chi connectivity index (χ1v) is 7.54. The molecule has 26 heavy (non-hydrogen) atoms. The van der Waals surface area contributed by atoms with Crippen LogP contribution in [0.1, 0.15) is 24.0 Å². The van der Waals surface area contributed by atoms with E-state index in [1.54, 1.807) is 0 Å². The van der Waals surface area contributed by atoms with E-state index in [-0.39, 0.29) is 29.2 Å². The normalized spacial score (nSPS) is 19.7. The Morgan fingerprint density at radius 1 is 1.31 bits per heavy atom. The average molecular weight is 369 g/mol. The molecule has 2 aliphatic rings. The molecule has 1 N–H and O–H groups in total. The molecular weight excluding hydrogens is 355 g/mol. The lowest BCUT2D eigenvalue weighted by molar-refractivity contribution is -0.139. The molecule has 0 amide bonds. The fourth-order valence-electron chi connectivity index (χ4n) is 3.02. The van der Waals surface area contributed by atoms with Crippen molar-refractivity contribution in [2.45, 2.75) is 19.0 Å². The summed E-state index contributed by atoms with van der Waals surface area (Å²) in [5, 5.41) is 2.85. The van der Waals surface area contributed by atoms with Gasteiger partial charge >= 0.3 is 18.3 Å². The van der Waals surface area contributed by atoms with Crippen molar-refractivity contribution >= 4 is 12.1 Å². The molecule has 0 spiro atoms. The number of nitrogens with one attached hydrogen (secondary N) is 1.